The zero-order valence-electron chi connectivity index (χ0n) is 12.3. The predicted octanol–water partition coefficient (Wildman–Crippen LogP) is 4.27. The Morgan fingerprint density at radius 3 is 2.65 bits per heavy atom. The number of methoxy groups -OCH3 is 1. The van der Waals surface area contributed by atoms with E-state index in [-0.39, 0.29) is 0 Å². The number of ether oxygens (including phenoxy) is 1. The minimum Gasteiger partial charge on any atom is -0.364 e. The van der Waals surface area contributed by atoms with Crippen LogP contribution in [0.2, 0.25) is 0 Å². The van der Waals surface area contributed by atoms with Gasteiger partial charge in [-0.15, -0.1) is 0 Å². The van der Waals surface area contributed by atoms with Gasteiger partial charge in [0, 0.05) is 18.9 Å². The molecule has 0 N–H and O–H groups in total. The van der Waals surface area contributed by atoms with Gasteiger partial charge in [0.25, 0.3) is 0 Å². The van der Waals surface area contributed by atoms with Crippen LogP contribution in [0.5, 0.6) is 0 Å². The molecular weight excluding hydrogens is 248 g/mol. The Morgan fingerprint density at radius 2 is 1.95 bits per heavy atom. The third kappa shape index (κ3) is 1.90. The van der Waals surface area contributed by atoms with Crippen LogP contribution in [-0.4, -0.2) is 19.7 Å². The molecule has 0 unspecified atom stereocenters. The standard InChI is InChI=1S/C17H20N2O/c1-4-12-9-10-13-7-6-8-14-16(13)17(12)18-15(5-2)19(14)11-20-3/h6-10H,4-5,11H2,1-3H3. The van der Waals surface area contributed by atoms with E-state index >= 15 is 0 Å². The monoisotopic (exact) mass is 268 g/mol. The number of hydrogen-bond acceptors (Lipinski definition) is 3. The Bertz CT molecular complexity index is 676. The maximum absolute atomic E-state index is 5.36. The van der Waals surface area contributed by atoms with E-state index in [4.69, 9.17) is 9.73 Å². The van der Waals surface area contributed by atoms with Crippen molar-refractivity contribution in [1.82, 2.24) is 0 Å². The summed E-state index contributed by atoms with van der Waals surface area (Å²) in [7, 11) is 1.73. The molecule has 3 rings (SSSR count). The number of anilines is 1. The summed E-state index contributed by atoms with van der Waals surface area (Å²) in [6, 6.07) is 10.8. The van der Waals surface area contributed by atoms with E-state index in [1.807, 2.05) is 0 Å². The zero-order chi connectivity index (χ0) is 14.1. The minimum atomic E-state index is 0.543. The van der Waals surface area contributed by atoms with Crippen LogP contribution in [0.25, 0.3) is 10.8 Å². The zero-order valence-corrected chi connectivity index (χ0v) is 12.3. The average molecular weight is 268 g/mol. The number of hydrogen-bond donors (Lipinski definition) is 0. The molecule has 0 fully saturated rings. The minimum absolute atomic E-state index is 0.543. The Hall–Kier alpha value is -1.87. The van der Waals surface area contributed by atoms with Crippen molar-refractivity contribution in [2.24, 2.45) is 4.99 Å². The van der Waals surface area contributed by atoms with Crippen molar-refractivity contribution < 1.29 is 4.74 Å². The van der Waals surface area contributed by atoms with Gasteiger partial charge in [-0.1, -0.05) is 38.1 Å². The van der Waals surface area contributed by atoms with E-state index in [9.17, 15) is 0 Å². The molecule has 0 bridgehead atoms. The van der Waals surface area contributed by atoms with Crippen LogP contribution < -0.4 is 4.90 Å². The third-order valence-corrected chi connectivity index (χ3v) is 3.88. The summed E-state index contributed by atoms with van der Waals surface area (Å²) in [5, 5.41) is 2.50. The van der Waals surface area contributed by atoms with E-state index in [0.29, 0.717) is 6.73 Å². The molecule has 1 heterocycles. The largest absolute Gasteiger partial charge is 0.364 e. The smallest absolute Gasteiger partial charge is 0.124 e. The summed E-state index contributed by atoms with van der Waals surface area (Å²) in [6.07, 6.45) is 1.90. The number of nitrogens with zero attached hydrogens (tertiary/aromatic N) is 2. The van der Waals surface area contributed by atoms with Crippen molar-refractivity contribution in [3.8, 4) is 0 Å². The normalized spacial score (nSPS) is 13.8. The van der Waals surface area contributed by atoms with Gasteiger partial charge in [0.05, 0.1) is 11.4 Å². The van der Waals surface area contributed by atoms with Gasteiger partial charge in [0.2, 0.25) is 0 Å². The molecule has 0 aromatic heterocycles. The van der Waals surface area contributed by atoms with Crippen molar-refractivity contribution in [2.75, 3.05) is 18.7 Å². The predicted molar refractivity (Wildman–Crippen MR) is 85.1 cm³/mol. The first-order chi connectivity index (χ1) is 9.80. The number of rotatable bonds is 4. The van der Waals surface area contributed by atoms with Crippen molar-refractivity contribution in [2.45, 2.75) is 26.7 Å². The fraction of sp³-hybridized carbons (Fsp3) is 0.353. The second kappa shape index (κ2) is 5.25. The quantitative estimate of drug-likeness (QED) is 0.827. The van der Waals surface area contributed by atoms with Crippen LogP contribution in [0.3, 0.4) is 0 Å². The van der Waals surface area contributed by atoms with Gasteiger partial charge in [0.15, 0.2) is 0 Å². The van der Waals surface area contributed by atoms with Crippen molar-refractivity contribution in [3.63, 3.8) is 0 Å². The third-order valence-electron chi connectivity index (χ3n) is 3.88. The molecule has 0 atom stereocenters. The Morgan fingerprint density at radius 1 is 1.10 bits per heavy atom. The van der Waals surface area contributed by atoms with Crippen molar-refractivity contribution >= 4 is 28.0 Å². The fourth-order valence-electron chi connectivity index (χ4n) is 2.89. The molecule has 2 aromatic rings. The molecule has 1 aliphatic rings. The lowest BCUT2D eigenvalue weighted by Crippen LogP contribution is -2.33. The first-order valence-corrected chi connectivity index (χ1v) is 7.18. The average Bonchev–Trinajstić information content (AvgIpc) is 2.50. The Balaban J connectivity index is 2.33. The molecule has 0 saturated carbocycles. The van der Waals surface area contributed by atoms with Crippen molar-refractivity contribution in [1.29, 1.82) is 0 Å². The molecule has 1 aliphatic heterocycles. The van der Waals surface area contributed by atoms with Gasteiger partial charge >= 0.3 is 0 Å². The van der Waals surface area contributed by atoms with Crippen LogP contribution in [-0.2, 0) is 11.2 Å². The maximum Gasteiger partial charge on any atom is 0.124 e. The van der Waals surface area contributed by atoms with E-state index in [2.05, 4.69) is 49.1 Å². The van der Waals surface area contributed by atoms with Gasteiger partial charge in [-0.2, -0.15) is 0 Å². The van der Waals surface area contributed by atoms with E-state index in [1.165, 1.54) is 22.0 Å². The molecule has 104 valence electrons. The topological polar surface area (TPSA) is 24.8 Å². The summed E-state index contributed by atoms with van der Waals surface area (Å²) in [6.45, 7) is 4.87. The molecule has 20 heavy (non-hydrogen) atoms. The Labute approximate surface area is 119 Å². The number of aryl methyl sites for hydroxylation is 1. The SMILES string of the molecule is CCC1=Nc2c(CC)ccc3cccc(c23)N1COC. The molecule has 0 radical (unpaired) electrons. The Kier molecular flexibility index (Phi) is 3.45. The van der Waals surface area contributed by atoms with Crippen LogP contribution >= 0.6 is 0 Å². The summed E-state index contributed by atoms with van der Waals surface area (Å²) >= 11 is 0. The lowest BCUT2D eigenvalue weighted by molar-refractivity contribution is 0.208. The second-order valence-corrected chi connectivity index (χ2v) is 5.03. The van der Waals surface area contributed by atoms with Gasteiger partial charge in [-0.25, -0.2) is 4.99 Å². The fourth-order valence-corrected chi connectivity index (χ4v) is 2.89. The highest BCUT2D eigenvalue weighted by molar-refractivity contribution is 6.15. The van der Waals surface area contributed by atoms with E-state index in [1.54, 1.807) is 7.11 Å². The number of aliphatic imine (C=N–C) groups is 1. The lowest BCUT2D eigenvalue weighted by Gasteiger charge is -2.30. The summed E-state index contributed by atoms with van der Waals surface area (Å²) in [4.78, 5) is 7.09. The molecule has 0 saturated heterocycles. The molecule has 0 spiro atoms. The van der Waals surface area contributed by atoms with Gasteiger partial charge in [-0.3, -0.25) is 0 Å². The van der Waals surface area contributed by atoms with E-state index < -0.39 is 0 Å². The van der Waals surface area contributed by atoms with Crippen LogP contribution in [0, 0.1) is 0 Å². The molecule has 3 nitrogen and oxygen atoms in total. The van der Waals surface area contributed by atoms with Crippen LogP contribution in [0.15, 0.2) is 35.3 Å². The van der Waals surface area contributed by atoms with Crippen LogP contribution in [0.4, 0.5) is 11.4 Å². The maximum atomic E-state index is 5.36. The molecule has 0 amide bonds. The lowest BCUT2D eigenvalue weighted by atomic mass is 9.99. The molecule has 0 aliphatic carbocycles. The van der Waals surface area contributed by atoms with E-state index in [0.717, 1.165) is 24.4 Å². The molecule has 2 aromatic carbocycles. The van der Waals surface area contributed by atoms with Gasteiger partial charge < -0.3 is 9.64 Å². The summed E-state index contributed by atoms with van der Waals surface area (Å²) < 4.78 is 5.36. The van der Waals surface area contributed by atoms with Crippen LogP contribution in [0.1, 0.15) is 25.8 Å². The van der Waals surface area contributed by atoms with Gasteiger partial charge in [0.1, 0.15) is 12.6 Å². The first-order valence-electron chi connectivity index (χ1n) is 7.18. The summed E-state index contributed by atoms with van der Waals surface area (Å²) in [5.41, 5.74) is 3.67. The highest BCUT2D eigenvalue weighted by Gasteiger charge is 2.22. The molecule has 3 heteroatoms. The number of amidine groups is 1. The molecular formula is C17H20N2O. The highest BCUT2D eigenvalue weighted by Crippen LogP contribution is 2.41. The summed E-state index contributed by atoms with van der Waals surface area (Å²) in [5.74, 6) is 1.08. The van der Waals surface area contributed by atoms with Gasteiger partial charge in [-0.05, 0) is 23.4 Å². The number of benzene rings is 2. The second-order valence-electron chi connectivity index (χ2n) is 5.03. The first kappa shape index (κ1) is 13.1. The highest BCUT2D eigenvalue weighted by atomic mass is 16.5. The van der Waals surface area contributed by atoms with Crippen molar-refractivity contribution in [3.05, 3.63) is 35.9 Å².